The topological polar surface area (TPSA) is 84.9 Å². The summed E-state index contributed by atoms with van der Waals surface area (Å²) in [4.78, 5) is 12.6. The van der Waals surface area contributed by atoms with Crippen molar-refractivity contribution in [1.29, 1.82) is 0 Å². The van der Waals surface area contributed by atoms with E-state index in [9.17, 15) is 13.2 Å². The molecule has 7 nitrogen and oxygen atoms in total. The Balaban J connectivity index is 2.03. The molecule has 0 aromatic heterocycles. The van der Waals surface area contributed by atoms with Crippen molar-refractivity contribution in [3.63, 3.8) is 0 Å². The lowest BCUT2D eigenvalue weighted by Crippen LogP contribution is -2.48. The summed E-state index contributed by atoms with van der Waals surface area (Å²) in [5.41, 5.74) is 1.42. The van der Waals surface area contributed by atoms with Gasteiger partial charge >= 0.3 is 0 Å². The van der Waals surface area contributed by atoms with E-state index < -0.39 is 16.1 Å². The highest BCUT2D eigenvalue weighted by Gasteiger charge is 2.28. The highest BCUT2D eigenvalue weighted by molar-refractivity contribution is 7.92. The molecule has 2 aromatic carbocycles. The van der Waals surface area contributed by atoms with Crippen LogP contribution in [0.1, 0.15) is 12.5 Å². The van der Waals surface area contributed by atoms with Crippen LogP contribution in [-0.4, -0.2) is 47.4 Å². The molecule has 28 heavy (non-hydrogen) atoms. The maximum Gasteiger partial charge on any atom is 0.243 e. The number of methoxy groups -OCH3 is 2. The first-order valence-electron chi connectivity index (χ1n) is 8.81. The fourth-order valence-electron chi connectivity index (χ4n) is 2.90. The second kappa shape index (κ2) is 9.45. The zero-order valence-electron chi connectivity index (χ0n) is 16.5. The smallest absolute Gasteiger partial charge is 0.243 e. The summed E-state index contributed by atoms with van der Waals surface area (Å²) >= 11 is 0. The monoisotopic (exact) mass is 406 g/mol. The molecule has 0 heterocycles. The van der Waals surface area contributed by atoms with E-state index in [0.717, 1.165) is 16.1 Å². The number of hydrogen-bond donors (Lipinski definition) is 1. The van der Waals surface area contributed by atoms with Gasteiger partial charge in [0.15, 0.2) is 11.5 Å². The van der Waals surface area contributed by atoms with Gasteiger partial charge in [-0.3, -0.25) is 9.10 Å². The summed E-state index contributed by atoms with van der Waals surface area (Å²) < 4.78 is 36.1. The Bertz CT molecular complexity index is 900. The zero-order chi connectivity index (χ0) is 20.7. The molecule has 1 atom stereocenters. The number of amides is 1. The minimum atomic E-state index is -3.61. The molecule has 0 bridgehead atoms. The van der Waals surface area contributed by atoms with Crippen molar-refractivity contribution in [2.75, 3.05) is 31.3 Å². The summed E-state index contributed by atoms with van der Waals surface area (Å²) in [6, 6.07) is 13.2. The molecular weight excluding hydrogens is 380 g/mol. The molecule has 0 radical (unpaired) electrons. The van der Waals surface area contributed by atoms with E-state index >= 15 is 0 Å². The van der Waals surface area contributed by atoms with E-state index in [1.54, 1.807) is 57.5 Å². The molecule has 0 aliphatic carbocycles. The van der Waals surface area contributed by atoms with E-state index in [1.165, 1.54) is 0 Å². The van der Waals surface area contributed by atoms with Crippen LogP contribution in [0.5, 0.6) is 11.5 Å². The summed E-state index contributed by atoms with van der Waals surface area (Å²) in [6.07, 6.45) is 1.66. The molecule has 152 valence electrons. The predicted molar refractivity (Wildman–Crippen MR) is 109 cm³/mol. The van der Waals surface area contributed by atoms with Crippen molar-refractivity contribution < 1.29 is 22.7 Å². The summed E-state index contributed by atoms with van der Waals surface area (Å²) in [5, 5.41) is 2.80. The number of ether oxygens (including phenoxy) is 2. The van der Waals surface area contributed by atoms with Crippen LogP contribution in [0.3, 0.4) is 0 Å². The Morgan fingerprint density at radius 2 is 1.71 bits per heavy atom. The SMILES string of the molecule is COc1ccc(CCNC(=O)[C@H](C)N(c2ccccc2)S(C)(=O)=O)cc1OC. The average Bonchev–Trinajstić information content (AvgIpc) is 2.67. The number of rotatable bonds is 9. The van der Waals surface area contributed by atoms with Crippen LogP contribution in [0, 0.1) is 0 Å². The number of nitrogens with one attached hydrogen (secondary N) is 1. The Kier molecular flexibility index (Phi) is 7.28. The summed E-state index contributed by atoms with van der Waals surface area (Å²) in [6.45, 7) is 1.94. The second-order valence-corrected chi connectivity index (χ2v) is 8.16. The largest absolute Gasteiger partial charge is 0.493 e. The maximum absolute atomic E-state index is 12.6. The Morgan fingerprint density at radius 1 is 1.07 bits per heavy atom. The molecule has 0 saturated heterocycles. The minimum absolute atomic E-state index is 0.366. The fraction of sp³-hybridized carbons (Fsp3) is 0.350. The number of nitrogens with zero attached hydrogens (tertiary/aromatic N) is 1. The highest BCUT2D eigenvalue weighted by Crippen LogP contribution is 2.27. The zero-order valence-corrected chi connectivity index (χ0v) is 17.3. The molecule has 0 spiro atoms. The summed E-state index contributed by atoms with van der Waals surface area (Å²) in [7, 11) is -0.481. The Hall–Kier alpha value is -2.74. The quantitative estimate of drug-likeness (QED) is 0.690. The lowest BCUT2D eigenvalue weighted by molar-refractivity contribution is -0.121. The van der Waals surface area contributed by atoms with Gasteiger partial charge in [0.05, 0.1) is 26.2 Å². The van der Waals surface area contributed by atoms with Crippen LogP contribution in [0.25, 0.3) is 0 Å². The van der Waals surface area contributed by atoms with Crippen molar-refractivity contribution in [3.8, 4) is 11.5 Å². The molecule has 2 rings (SSSR count). The predicted octanol–water partition coefficient (Wildman–Crippen LogP) is 2.22. The number of carbonyl (C=O) groups is 1. The minimum Gasteiger partial charge on any atom is -0.493 e. The fourth-order valence-corrected chi connectivity index (χ4v) is 4.07. The van der Waals surface area contributed by atoms with Crippen molar-refractivity contribution in [2.45, 2.75) is 19.4 Å². The van der Waals surface area contributed by atoms with Crippen molar-refractivity contribution in [2.24, 2.45) is 0 Å². The molecule has 1 amide bonds. The van der Waals surface area contributed by atoms with Gasteiger partial charge in [-0.25, -0.2) is 8.42 Å². The number of carbonyl (C=O) groups excluding carboxylic acids is 1. The summed E-state index contributed by atoms with van der Waals surface area (Å²) in [5.74, 6) is 0.886. The number of sulfonamides is 1. The third kappa shape index (κ3) is 5.39. The van der Waals surface area contributed by atoms with Gasteiger partial charge in [0.2, 0.25) is 15.9 Å². The van der Waals surface area contributed by atoms with Crippen LogP contribution in [0.2, 0.25) is 0 Å². The van der Waals surface area contributed by atoms with Crippen LogP contribution < -0.4 is 19.1 Å². The third-order valence-corrected chi connectivity index (χ3v) is 5.50. The molecule has 2 aromatic rings. The molecule has 0 aliphatic heterocycles. The normalized spacial score (nSPS) is 12.1. The van der Waals surface area contributed by atoms with Gasteiger partial charge in [-0.1, -0.05) is 24.3 Å². The van der Waals surface area contributed by atoms with Crippen molar-refractivity contribution in [3.05, 3.63) is 54.1 Å². The highest BCUT2D eigenvalue weighted by atomic mass is 32.2. The van der Waals surface area contributed by atoms with Crippen LogP contribution >= 0.6 is 0 Å². The number of benzene rings is 2. The molecule has 0 unspecified atom stereocenters. The molecule has 0 aliphatic rings. The van der Waals surface area contributed by atoms with Gasteiger partial charge in [0, 0.05) is 6.54 Å². The van der Waals surface area contributed by atoms with E-state index in [-0.39, 0.29) is 5.91 Å². The van der Waals surface area contributed by atoms with Crippen LogP contribution in [-0.2, 0) is 21.2 Å². The molecule has 1 N–H and O–H groups in total. The molecule has 0 saturated carbocycles. The number of para-hydroxylation sites is 1. The first kappa shape index (κ1) is 21.6. The first-order valence-corrected chi connectivity index (χ1v) is 10.7. The first-order chi connectivity index (χ1) is 13.3. The van der Waals surface area contributed by atoms with E-state index in [0.29, 0.717) is 30.2 Å². The van der Waals surface area contributed by atoms with Crippen molar-refractivity contribution in [1.82, 2.24) is 5.32 Å². The molecular formula is C20H26N2O5S. The van der Waals surface area contributed by atoms with E-state index in [4.69, 9.17) is 9.47 Å². The number of hydrogen-bond acceptors (Lipinski definition) is 5. The standard InChI is InChI=1S/C20H26N2O5S/c1-15(22(28(4,24)25)17-8-6-5-7-9-17)20(23)21-13-12-16-10-11-18(26-2)19(14-16)27-3/h5-11,14-15H,12-13H2,1-4H3,(H,21,23)/t15-/m0/s1. The van der Waals surface area contributed by atoms with Gasteiger partial charge in [0.1, 0.15) is 6.04 Å². The van der Waals surface area contributed by atoms with Gasteiger partial charge in [-0.05, 0) is 43.2 Å². The van der Waals surface area contributed by atoms with Gasteiger partial charge in [-0.15, -0.1) is 0 Å². The van der Waals surface area contributed by atoms with Crippen LogP contribution in [0.4, 0.5) is 5.69 Å². The van der Waals surface area contributed by atoms with E-state index in [2.05, 4.69) is 5.32 Å². The second-order valence-electron chi connectivity index (χ2n) is 6.30. The van der Waals surface area contributed by atoms with Gasteiger partial charge in [-0.2, -0.15) is 0 Å². The molecule has 0 fully saturated rings. The number of anilines is 1. The van der Waals surface area contributed by atoms with Crippen molar-refractivity contribution >= 4 is 21.6 Å². The third-order valence-electron chi connectivity index (χ3n) is 4.26. The Morgan fingerprint density at radius 3 is 2.29 bits per heavy atom. The Labute approximate surface area is 166 Å². The van der Waals surface area contributed by atoms with E-state index in [1.807, 2.05) is 12.1 Å². The maximum atomic E-state index is 12.6. The van der Waals surface area contributed by atoms with Gasteiger partial charge in [0.25, 0.3) is 0 Å². The lowest BCUT2D eigenvalue weighted by atomic mass is 10.1. The lowest BCUT2D eigenvalue weighted by Gasteiger charge is -2.28. The molecule has 8 heteroatoms. The van der Waals surface area contributed by atoms with Gasteiger partial charge < -0.3 is 14.8 Å². The van der Waals surface area contributed by atoms with Crippen LogP contribution in [0.15, 0.2) is 48.5 Å². The average molecular weight is 407 g/mol.